The molecule has 21 heavy (non-hydrogen) atoms. The first-order chi connectivity index (χ1) is 9.79. The van der Waals surface area contributed by atoms with Gasteiger partial charge < -0.3 is 5.32 Å². The SMILES string of the molecule is C[C@H](Nc1ccccc1S(C)(=O)=O)c1ccc(F)cc1F. The van der Waals surface area contributed by atoms with Gasteiger partial charge in [0.05, 0.1) is 16.6 Å². The maximum atomic E-state index is 13.7. The second-order valence-corrected chi connectivity index (χ2v) is 6.78. The predicted molar refractivity (Wildman–Crippen MR) is 77.9 cm³/mol. The van der Waals surface area contributed by atoms with Crippen LogP contribution in [0.4, 0.5) is 14.5 Å². The van der Waals surface area contributed by atoms with Crippen LogP contribution in [-0.4, -0.2) is 14.7 Å². The summed E-state index contributed by atoms with van der Waals surface area (Å²) < 4.78 is 50.1. The van der Waals surface area contributed by atoms with Gasteiger partial charge in [0.25, 0.3) is 0 Å². The molecule has 6 heteroatoms. The molecule has 0 amide bonds. The number of rotatable bonds is 4. The van der Waals surface area contributed by atoms with E-state index in [4.69, 9.17) is 0 Å². The van der Waals surface area contributed by atoms with Crippen molar-refractivity contribution in [2.24, 2.45) is 0 Å². The van der Waals surface area contributed by atoms with Crippen molar-refractivity contribution in [3.05, 3.63) is 59.7 Å². The fraction of sp³-hybridized carbons (Fsp3) is 0.200. The Bertz CT molecular complexity index is 760. The third-order valence-electron chi connectivity index (χ3n) is 3.09. The average molecular weight is 311 g/mol. The maximum absolute atomic E-state index is 13.7. The van der Waals surface area contributed by atoms with E-state index >= 15 is 0 Å². The summed E-state index contributed by atoms with van der Waals surface area (Å²) in [6.07, 6.45) is 1.11. The first-order valence-corrected chi connectivity index (χ1v) is 8.19. The number of halogens is 2. The molecule has 0 spiro atoms. The van der Waals surface area contributed by atoms with Crippen LogP contribution in [0.3, 0.4) is 0 Å². The van der Waals surface area contributed by atoms with E-state index in [1.54, 1.807) is 25.1 Å². The van der Waals surface area contributed by atoms with Crippen LogP contribution in [0.15, 0.2) is 47.4 Å². The lowest BCUT2D eigenvalue weighted by Crippen LogP contribution is -2.11. The van der Waals surface area contributed by atoms with Crippen LogP contribution >= 0.6 is 0 Å². The summed E-state index contributed by atoms with van der Waals surface area (Å²) in [5.41, 5.74) is 0.649. The van der Waals surface area contributed by atoms with Crippen molar-refractivity contribution >= 4 is 15.5 Å². The molecule has 3 nitrogen and oxygen atoms in total. The molecule has 2 aromatic carbocycles. The minimum atomic E-state index is -3.39. The molecular formula is C15H15F2NO2S. The van der Waals surface area contributed by atoms with Crippen molar-refractivity contribution in [1.82, 2.24) is 0 Å². The molecule has 2 rings (SSSR count). The number of anilines is 1. The highest BCUT2D eigenvalue weighted by atomic mass is 32.2. The third-order valence-corrected chi connectivity index (χ3v) is 4.24. The van der Waals surface area contributed by atoms with Gasteiger partial charge in [-0.2, -0.15) is 0 Å². The van der Waals surface area contributed by atoms with Crippen LogP contribution in [-0.2, 0) is 9.84 Å². The Labute approximate surface area is 122 Å². The van der Waals surface area contributed by atoms with Gasteiger partial charge in [-0.15, -0.1) is 0 Å². The van der Waals surface area contributed by atoms with E-state index < -0.39 is 27.5 Å². The zero-order valence-electron chi connectivity index (χ0n) is 11.6. The van der Waals surface area contributed by atoms with E-state index in [0.29, 0.717) is 5.69 Å². The van der Waals surface area contributed by atoms with E-state index in [1.165, 1.54) is 18.2 Å². The molecule has 112 valence electrons. The van der Waals surface area contributed by atoms with Gasteiger partial charge in [0.15, 0.2) is 9.84 Å². The Morgan fingerprint density at radius 1 is 1.10 bits per heavy atom. The van der Waals surface area contributed by atoms with Crippen LogP contribution in [0.25, 0.3) is 0 Å². The van der Waals surface area contributed by atoms with Gasteiger partial charge in [-0.3, -0.25) is 0 Å². The molecule has 1 N–H and O–H groups in total. The maximum Gasteiger partial charge on any atom is 0.177 e. The number of nitrogens with one attached hydrogen (secondary N) is 1. The lowest BCUT2D eigenvalue weighted by molar-refractivity contribution is 0.566. The highest BCUT2D eigenvalue weighted by Crippen LogP contribution is 2.27. The Balaban J connectivity index is 2.34. The molecule has 1 atom stereocenters. The Hall–Kier alpha value is -1.95. The van der Waals surface area contributed by atoms with Gasteiger partial charge in [0.2, 0.25) is 0 Å². The van der Waals surface area contributed by atoms with E-state index in [0.717, 1.165) is 12.3 Å². The molecule has 2 aromatic rings. The van der Waals surface area contributed by atoms with Crippen molar-refractivity contribution in [3.63, 3.8) is 0 Å². The van der Waals surface area contributed by atoms with Crippen LogP contribution in [0.5, 0.6) is 0 Å². The number of hydrogen-bond acceptors (Lipinski definition) is 3. The predicted octanol–water partition coefficient (Wildman–Crippen LogP) is 3.54. The Morgan fingerprint density at radius 3 is 2.38 bits per heavy atom. The smallest absolute Gasteiger partial charge is 0.177 e. The van der Waals surface area contributed by atoms with Gasteiger partial charge in [-0.25, -0.2) is 17.2 Å². The van der Waals surface area contributed by atoms with Gasteiger partial charge in [-0.1, -0.05) is 18.2 Å². The molecule has 0 saturated carbocycles. The normalized spacial score (nSPS) is 13.0. The number of sulfone groups is 1. The molecule has 0 heterocycles. The summed E-state index contributed by atoms with van der Waals surface area (Å²) in [7, 11) is -3.39. The molecule has 0 saturated heterocycles. The number of benzene rings is 2. The highest BCUT2D eigenvalue weighted by molar-refractivity contribution is 7.90. The standard InChI is InChI=1S/C15H15F2NO2S/c1-10(12-8-7-11(16)9-13(12)17)18-14-5-3-4-6-15(14)21(2,19)20/h3-10,18H,1-2H3/t10-/m0/s1. The highest BCUT2D eigenvalue weighted by Gasteiger charge is 2.16. The third kappa shape index (κ3) is 3.58. The molecule has 0 aliphatic rings. The summed E-state index contributed by atoms with van der Waals surface area (Å²) >= 11 is 0. The second kappa shape index (κ2) is 5.81. The van der Waals surface area contributed by atoms with Crippen LogP contribution < -0.4 is 5.32 Å². The minimum Gasteiger partial charge on any atom is -0.377 e. The molecule has 0 unspecified atom stereocenters. The first-order valence-electron chi connectivity index (χ1n) is 6.29. The second-order valence-electron chi connectivity index (χ2n) is 4.80. The Kier molecular flexibility index (Phi) is 4.27. The summed E-state index contributed by atoms with van der Waals surface area (Å²) in [5, 5.41) is 2.95. The van der Waals surface area contributed by atoms with E-state index in [2.05, 4.69) is 5.32 Å². The number of hydrogen-bond donors (Lipinski definition) is 1. The largest absolute Gasteiger partial charge is 0.377 e. The molecule has 0 aromatic heterocycles. The zero-order valence-corrected chi connectivity index (χ0v) is 12.4. The minimum absolute atomic E-state index is 0.138. The molecule has 0 fully saturated rings. The van der Waals surface area contributed by atoms with Gasteiger partial charge in [0.1, 0.15) is 11.6 Å². The van der Waals surface area contributed by atoms with Crippen molar-refractivity contribution in [1.29, 1.82) is 0 Å². The van der Waals surface area contributed by atoms with Gasteiger partial charge in [0, 0.05) is 17.9 Å². The van der Waals surface area contributed by atoms with E-state index in [-0.39, 0.29) is 10.5 Å². The average Bonchev–Trinajstić information content (AvgIpc) is 2.37. The van der Waals surface area contributed by atoms with E-state index in [9.17, 15) is 17.2 Å². The number of para-hydroxylation sites is 1. The summed E-state index contributed by atoms with van der Waals surface area (Å²) in [6, 6.07) is 9.18. The van der Waals surface area contributed by atoms with Gasteiger partial charge >= 0.3 is 0 Å². The van der Waals surface area contributed by atoms with Gasteiger partial charge in [-0.05, 0) is 25.1 Å². The van der Waals surface area contributed by atoms with Crippen molar-refractivity contribution < 1.29 is 17.2 Å². The molecule has 0 bridgehead atoms. The fourth-order valence-electron chi connectivity index (χ4n) is 2.07. The van der Waals surface area contributed by atoms with Crippen LogP contribution in [0, 0.1) is 11.6 Å². The molecule has 0 radical (unpaired) electrons. The molecular weight excluding hydrogens is 296 g/mol. The monoisotopic (exact) mass is 311 g/mol. The van der Waals surface area contributed by atoms with Crippen LogP contribution in [0.2, 0.25) is 0 Å². The lowest BCUT2D eigenvalue weighted by atomic mass is 10.1. The fourth-order valence-corrected chi connectivity index (χ4v) is 2.93. The summed E-state index contributed by atoms with van der Waals surface area (Å²) in [6.45, 7) is 1.68. The first kappa shape index (κ1) is 15.4. The van der Waals surface area contributed by atoms with Crippen molar-refractivity contribution in [3.8, 4) is 0 Å². The summed E-state index contributed by atoms with van der Waals surface area (Å²) in [5.74, 6) is -1.33. The Morgan fingerprint density at radius 2 is 1.76 bits per heavy atom. The van der Waals surface area contributed by atoms with Crippen molar-refractivity contribution in [2.45, 2.75) is 17.9 Å². The summed E-state index contributed by atoms with van der Waals surface area (Å²) in [4.78, 5) is 0.138. The topological polar surface area (TPSA) is 46.2 Å². The molecule has 0 aliphatic carbocycles. The van der Waals surface area contributed by atoms with Crippen LogP contribution in [0.1, 0.15) is 18.5 Å². The molecule has 0 aliphatic heterocycles. The van der Waals surface area contributed by atoms with E-state index in [1.807, 2.05) is 0 Å². The quantitative estimate of drug-likeness (QED) is 0.939. The zero-order chi connectivity index (χ0) is 15.6. The lowest BCUT2D eigenvalue weighted by Gasteiger charge is -2.18. The van der Waals surface area contributed by atoms with Crippen molar-refractivity contribution in [2.75, 3.05) is 11.6 Å².